The molecule has 0 spiro atoms. The summed E-state index contributed by atoms with van der Waals surface area (Å²) in [6.45, 7) is 2.02. The molecule has 0 amide bonds. The molecule has 0 radical (unpaired) electrons. The van der Waals surface area contributed by atoms with Crippen molar-refractivity contribution < 1.29 is 14.3 Å². The van der Waals surface area contributed by atoms with E-state index in [9.17, 15) is 4.79 Å². The summed E-state index contributed by atoms with van der Waals surface area (Å²) in [6, 6.07) is 14.7. The number of benzene rings is 2. The van der Waals surface area contributed by atoms with Crippen LogP contribution in [0.15, 0.2) is 48.5 Å². The van der Waals surface area contributed by atoms with E-state index in [0.717, 1.165) is 0 Å². The van der Waals surface area contributed by atoms with E-state index in [0.29, 0.717) is 28.3 Å². The molecule has 0 saturated carbocycles. The second-order valence-corrected chi connectivity index (χ2v) is 4.96. The van der Waals surface area contributed by atoms with Gasteiger partial charge < -0.3 is 14.8 Å². The molecule has 3 rings (SSSR count). The summed E-state index contributed by atoms with van der Waals surface area (Å²) >= 11 is 0. The number of nitrogens with zero attached hydrogens (tertiary/aromatic N) is 2. The van der Waals surface area contributed by atoms with E-state index in [4.69, 9.17) is 9.47 Å². The minimum absolute atomic E-state index is 0.140. The monoisotopic (exact) mass is 323 g/mol. The van der Waals surface area contributed by atoms with Crippen LogP contribution in [0.4, 0.5) is 11.5 Å². The second-order valence-electron chi connectivity index (χ2n) is 4.96. The van der Waals surface area contributed by atoms with Crippen molar-refractivity contribution in [3.8, 4) is 5.75 Å². The van der Waals surface area contributed by atoms with Crippen LogP contribution in [0.5, 0.6) is 5.75 Å². The van der Waals surface area contributed by atoms with E-state index in [1.54, 1.807) is 20.1 Å². The summed E-state index contributed by atoms with van der Waals surface area (Å²) < 4.78 is 10.4. The summed E-state index contributed by atoms with van der Waals surface area (Å²) in [5.41, 5.74) is 2.14. The van der Waals surface area contributed by atoms with Crippen molar-refractivity contribution in [2.24, 2.45) is 0 Å². The fourth-order valence-corrected chi connectivity index (χ4v) is 2.30. The van der Waals surface area contributed by atoms with Gasteiger partial charge in [-0.15, -0.1) is 0 Å². The summed E-state index contributed by atoms with van der Waals surface area (Å²) in [6.07, 6.45) is 0. The number of rotatable bonds is 5. The van der Waals surface area contributed by atoms with Crippen LogP contribution in [0.2, 0.25) is 0 Å². The Kier molecular flexibility index (Phi) is 4.56. The third-order valence-electron chi connectivity index (χ3n) is 3.40. The van der Waals surface area contributed by atoms with Crippen LogP contribution in [-0.4, -0.2) is 29.7 Å². The number of ether oxygens (including phenoxy) is 2. The lowest BCUT2D eigenvalue weighted by Crippen LogP contribution is -2.12. The maximum Gasteiger partial charge on any atom is 0.360 e. The van der Waals surface area contributed by atoms with E-state index in [1.807, 2.05) is 42.5 Å². The van der Waals surface area contributed by atoms with Crippen molar-refractivity contribution in [2.75, 3.05) is 19.0 Å². The molecule has 2 aromatic carbocycles. The Morgan fingerprint density at radius 1 is 1.04 bits per heavy atom. The van der Waals surface area contributed by atoms with Gasteiger partial charge in [0.1, 0.15) is 5.75 Å². The number of carbonyl (C=O) groups is 1. The van der Waals surface area contributed by atoms with Gasteiger partial charge >= 0.3 is 5.97 Å². The summed E-state index contributed by atoms with van der Waals surface area (Å²) in [5, 5.41) is 3.12. The number of fused-ring (bicyclic) bond motifs is 1. The van der Waals surface area contributed by atoms with Crippen molar-refractivity contribution in [3.63, 3.8) is 0 Å². The molecular formula is C18H17N3O3. The van der Waals surface area contributed by atoms with Crippen LogP contribution < -0.4 is 10.1 Å². The molecule has 0 bridgehead atoms. The van der Waals surface area contributed by atoms with Gasteiger partial charge in [-0.05, 0) is 31.2 Å². The zero-order valence-electron chi connectivity index (χ0n) is 13.4. The third kappa shape index (κ3) is 3.12. The Morgan fingerprint density at radius 3 is 2.42 bits per heavy atom. The first kappa shape index (κ1) is 15.7. The van der Waals surface area contributed by atoms with Crippen molar-refractivity contribution in [1.29, 1.82) is 0 Å². The smallest absolute Gasteiger partial charge is 0.360 e. The Balaban J connectivity index is 2.10. The van der Waals surface area contributed by atoms with Crippen molar-refractivity contribution in [1.82, 2.24) is 9.97 Å². The van der Waals surface area contributed by atoms with Gasteiger partial charge in [0.25, 0.3) is 0 Å². The Hall–Kier alpha value is -3.15. The highest BCUT2D eigenvalue weighted by molar-refractivity contribution is 5.96. The molecule has 0 aliphatic heterocycles. The molecule has 0 fully saturated rings. The number of para-hydroxylation sites is 4. The number of nitrogens with one attached hydrogen (secondary N) is 1. The summed E-state index contributed by atoms with van der Waals surface area (Å²) in [7, 11) is 1.58. The fraction of sp³-hybridized carbons (Fsp3) is 0.167. The maximum atomic E-state index is 12.3. The molecule has 1 aromatic heterocycles. The van der Waals surface area contributed by atoms with Crippen LogP contribution in [0, 0.1) is 0 Å². The molecule has 6 nitrogen and oxygen atoms in total. The quantitative estimate of drug-likeness (QED) is 0.724. The molecule has 1 heterocycles. The molecule has 0 atom stereocenters. The predicted molar refractivity (Wildman–Crippen MR) is 91.8 cm³/mol. The van der Waals surface area contributed by atoms with E-state index in [2.05, 4.69) is 15.3 Å². The minimum Gasteiger partial charge on any atom is -0.495 e. The Morgan fingerprint density at radius 2 is 1.71 bits per heavy atom. The standard InChI is InChI=1S/C18H17N3O3/c1-3-24-18(22)16-17(20-13-9-5-4-8-12(13)19-16)21-14-10-6-7-11-15(14)23-2/h4-11H,3H2,1-2H3,(H,20,21). The number of aromatic nitrogens is 2. The zero-order chi connectivity index (χ0) is 16.9. The van der Waals surface area contributed by atoms with Gasteiger partial charge in [-0.25, -0.2) is 14.8 Å². The van der Waals surface area contributed by atoms with E-state index < -0.39 is 5.97 Å². The lowest BCUT2D eigenvalue weighted by Gasteiger charge is -2.13. The molecule has 0 aliphatic rings. The van der Waals surface area contributed by atoms with Crippen LogP contribution >= 0.6 is 0 Å². The number of methoxy groups -OCH3 is 1. The number of esters is 1. The lowest BCUT2D eigenvalue weighted by atomic mass is 10.2. The molecule has 1 N–H and O–H groups in total. The topological polar surface area (TPSA) is 73.3 Å². The average Bonchev–Trinajstić information content (AvgIpc) is 2.62. The zero-order valence-corrected chi connectivity index (χ0v) is 13.4. The molecule has 3 aromatic rings. The fourth-order valence-electron chi connectivity index (χ4n) is 2.30. The van der Waals surface area contributed by atoms with Gasteiger partial charge in [-0.2, -0.15) is 0 Å². The predicted octanol–water partition coefficient (Wildman–Crippen LogP) is 3.56. The first-order valence-corrected chi connectivity index (χ1v) is 7.57. The molecule has 6 heteroatoms. The Labute approximate surface area is 139 Å². The van der Waals surface area contributed by atoms with Crippen LogP contribution in [0.1, 0.15) is 17.4 Å². The highest BCUT2D eigenvalue weighted by Crippen LogP contribution is 2.28. The number of hydrogen-bond acceptors (Lipinski definition) is 6. The largest absolute Gasteiger partial charge is 0.495 e. The SMILES string of the molecule is CCOC(=O)c1nc2ccccc2nc1Nc1ccccc1OC. The third-order valence-corrected chi connectivity index (χ3v) is 3.40. The van der Waals surface area contributed by atoms with Crippen LogP contribution in [0.25, 0.3) is 11.0 Å². The molecular weight excluding hydrogens is 306 g/mol. The lowest BCUT2D eigenvalue weighted by molar-refractivity contribution is 0.0521. The van der Waals surface area contributed by atoms with Crippen LogP contribution in [0.3, 0.4) is 0 Å². The van der Waals surface area contributed by atoms with E-state index in [1.165, 1.54) is 0 Å². The molecule has 122 valence electrons. The van der Waals surface area contributed by atoms with Gasteiger partial charge in [-0.1, -0.05) is 24.3 Å². The minimum atomic E-state index is -0.520. The summed E-state index contributed by atoms with van der Waals surface area (Å²) in [5.74, 6) is 0.451. The van der Waals surface area contributed by atoms with Gasteiger partial charge in [0.2, 0.25) is 0 Å². The first-order valence-electron chi connectivity index (χ1n) is 7.57. The normalized spacial score (nSPS) is 10.4. The Bertz CT molecular complexity index is 880. The molecule has 0 unspecified atom stereocenters. The molecule has 24 heavy (non-hydrogen) atoms. The van der Waals surface area contributed by atoms with E-state index in [-0.39, 0.29) is 12.3 Å². The van der Waals surface area contributed by atoms with Crippen molar-refractivity contribution >= 4 is 28.5 Å². The van der Waals surface area contributed by atoms with Gasteiger partial charge in [0.05, 0.1) is 30.4 Å². The highest BCUT2D eigenvalue weighted by atomic mass is 16.5. The van der Waals surface area contributed by atoms with Gasteiger partial charge in [0, 0.05) is 0 Å². The number of carbonyl (C=O) groups excluding carboxylic acids is 1. The maximum absolute atomic E-state index is 12.3. The summed E-state index contributed by atoms with van der Waals surface area (Å²) in [4.78, 5) is 21.2. The second kappa shape index (κ2) is 6.95. The van der Waals surface area contributed by atoms with E-state index >= 15 is 0 Å². The van der Waals surface area contributed by atoms with Gasteiger partial charge in [-0.3, -0.25) is 0 Å². The number of hydrogen-bond donors (Lipinski definition) is 1. The number of anilines is 2. The highest BCUT2D eigenvalue weighted by Gasteiger charge is 2.18. The first-order chi connectivity index (χ1) is 11.7. The molecule has 0 aliphatic carbocycles. The van der Waals surface area contributed by atoms with Gasteiger partial charge in [0.15, 0.2) is 11.5 Å². The van der Waals surface area contributed by atoms with Crippen molar-refractivity contribution in [3.05, 3.63) is 54.2 Å². The van der Waals surface area contributed by atoms with Crippen molar-refractivity contribution in [2.45, 2.75) is 6.92 Å². The average molecular weight is 323 g/mol. The molecule has 0 saturated heterocycles. The van der Waals surface area contributed by atoms with Crippen LogP contribution in [-0.2, 0) is 4.74 Å².